The Morgan fingerprint density at radius 1 is 1.28 bits per heavy atom. The molecule has 0 bridgehead atoms. The topological polar surface area (TPSA) is 75.7 Å². The molecular formula is C17H22N4O3S. The van der Waals surface area contributed by atoms with E-state index < -0.39 is 0 Å². The zero-order valence-electron chi connectivity index (χ0n) is 14.3. The lowest BCUT2D eigenvalue weighted by molar-refractivity contribution is 0.246. The van der Waals surface area contributed by atoms with Gasteiger partial charge in [0.2, 0.25) is 0 Å². The molecule has 1 saturated heterocycles. The molecule has 2 N–H and O–H groups in total. The van der Waals surface area contributed by atoms with Crippen molar-refractivity contribution in [1.29, 1.82) is 0 Å². The molecule has 1 aromatic carbocycles. The Hall–Kier alpha value is -2.48. The van der Waals surface area contributed by atoms with Gasteiger partial charge in [-0.1, -0.05) is 0 Å². The van der Waals surface area contributed by atoms with E-state index in [0.717, 1.165) is 31.1 Å². The molecule has 8 heteroatoms. The quantitative estimate of drug-likeness (QED) is 0.855. The Kier molecular flexibility index (Phi) is 5.60. The van der Waals surface area contributed by atoms with E-state index >= 15 is 0 Å². The van der Waals surface area contributed by atoms with Gasteiger partial charge in [-0.2, -0.15) is 0 Å². The van der Waals surface area contributed by atoms with Crippen LogP contribution in [0.25, 0.3) is 0 Å². The number of rotatable bonds is 5. The number of benzene rings is 1. The molecule has 7 nitrogen and oxygen atoms in total. The Labute approximate surface area is 151 Å². The second-order valence-corrected chi connectivity index (χ2v) is 6.61. The minimum Gasteiger partial charge on any atom is -0.497 e. The van der Waals surface area contributed by atoms with Gasteiger partial charge in [0, 0.05) is 36.8 Å². The number of carbonyl (C=O) groups excluding carboxylic acids is 1. The van der Waals surface area contributed by atoms with Crippen molar-refractivity contribution in [1.82, 2.24) is 10.3 Å². The Bertz CT molecular complexity index is 700. The molecule has 1 aliphatic rings. The van der Waals surface area contributed by atoms with Crippen molar-refractivity contribution in [3.8, 4) is 11.5 Å². The molecule has 134 valence electrons. The minimum atomic E-state index is -0.226. The molecule has 0 spiro atoms. The number of hydrogen-bond acceptors (Lipinski definition) is 6. The first-order valence-electron chi connectivity index (χ1n) is 8.13. The number of thiazole rings is 1. The van der Waals surface area contributed by atoms with Crippen LogP contribution in [0.1, 0.15) is 12.8 Å². The number of piperidine rings is 1. The fraction of sp³-hybridized carbons (Fsp3) is 0.412. The summed E-state index contributed by atoms with van der Waals surface area (Å²) in [5, 5.41) is 8.91. The fourth-order valence-corrected chi connectivity index (χ4v) is 3.53. The lowest BCUT2D eigenvalue weighted by atomic mass is 10.1. The molecule has 2 amide bonds. The summed E-state index contributed by atoms with van der Waals surface area (Å²) in [6, 6.07) is 5.21. The minimum absolute atomic E-state index is 0.153. The number of aromatic nitrogens is 1. The van der Waals surface area contributed by atoms with Gasteiger partial charge in [0.15, 0.2) is 5.13 Å². The number of anilines is 2. The molecule has 0 saturated carbocycles. The fourth-order valence-electron chi connectivity index (χ4n) is 2.83. The van der Waals surface area contributed by atoms with E-state index in [1.807, 2.05) is 11.6 Å². The maximum atomic E-state index is 12.3. The van der Waals surface area contributed by atoms with Crippen LogP contribution in [0.2, 0.25) is 0 Å². The van der Waals surface area contributed by atoms with Gasteiger partial charge < -0.3 is 25.0 Å². The lowest BCUT2D eigenvalue weighted by Gasteiger charge is -2.32. The van der Waals surface area contributed by atoms with E-state index in [1.54, 1.807) is 43.8 Å². The second-order valence-electron chi connectivity index (χ2n) is 5.74. The number of amides is 2. The van der Waals surface area contributed by atoms with Crippen LogP contribution < -0.4 is 25.0 Å². The number of methoxy groups -OCH3 is 2. The molecule has 1 aromatic heterocycles. The number of carbonyl (C=O) groups is 1. The third-order valence-corrected chi connectivity index (χ3v) is 5.01. The van der Waals surface area contributed by atoms with Gasteiger partial charge in [-0.05, 0) is 25.0 Å². The van der Waals surface area contributed by atoms with Crippen molar-refractivity contribution >= 4 is 28.2 Å². The standard InChI is InChI=1S/C17H22N4O3S/c1-23-13-3-4-14(15(11-13)24-2)20-16(22)19-12-5-8-21(9-6-12)17-18-7-10-25-17/h3-4,7,10-12H,5-6,8-9H2,1-2H3,(H2,19,20,22). The average molecular weight is 362 g/mol. The number of hydrogen-bond donors (Lipinski definition) is 2. The van der Waals surface area contributed by atoms with E-state index in [4.69, 9.17) is 9.47 Å². The average Bonchev–Trinajstić information content (AvgIpc) is 3.17. The maximum Gasteiger partial charge on any atom is 0.319 e. The SMILES string of the molecule is COc1ccc(NC(=O)NC2CCN(c3nccs3)CC2)c(OC)c1. The predicted molar refractivity (Wildman–Crippen MR) is 99.0 cm³/mol. The zero-order chi connectivity index (χ0) is 17.6. The summed E-state index contributed by atoms with van der Waals surface area (Å²) in [6.45, 7) is 1.79. The highest BCUT2D eigenvalue weighted by Gasteiger charge is 2.22. The number of urea groups is 1. The van der Waals surface area contributed by atoms with Crippen LogP contribution in [0.3, 0.4) is 0 Å². The van der Waals surface area contributed by atoms with E-state index in [1.165, 1.54) is 0 Å². The van der Waals surface area contributed by atoms with Crippen molar-refractivity contribution in [2.45, 2.75) is 18.9 Å². The third-order valence-electron chi connectivity index (χ3n) is 4.18. The summed E-state index contributed by atoms with van der Waals surface area (Å²) >= 11 is 1.64. The highest BCUT2D eigenvalue weighted by molar-refractivity contribution is 7.13. The van der Waals surface area contributed by atoms with Crippen molar-refractivity contribution in [2.75, 3.05) is 37.5 Å². The molecule has 2 heterocycles. The zero-order valence-corrected chi connectivity index (χ0v) is 15.1. The molecular weight excluding hydrogens is 340 g/mol. The lowest BCUT2D eigenvalue weighted by Crippen LogP contribution is -2.46. The van der Waals surface area contributed by atoms with Crippen LogP contribution in [0.15, 0.2) is 29.8 Å². The van der Waals surface area contributed by atoms with E-state index in [0.29, 0.717) is 17.2 Å². The van der Waals surface area contributed by atoms with Gasteiger partial charge in [0.25, 0.3) is 0 Å². The molecule has 1 fully saturated rings. The van der Waals surface area contributed by atoms with Gasteiger partial charge in [0.05, 0.1) is 19.9 Å². The van der Waals surface area contributed by atoms with Gasteiger partial charge in [-0.3, -0.25) is 0 Å². The summed E-state index contributed by atoms with van der Waals surface area (Å²) in [5.74, 6) is 1.24. The van der Waals surface area contributed by atoms with Crippen LogP contribution in [0.4, 0.5) is 15.6 Å². The second kappa shape index (κ2) is 8.06. The molecule has 0 atom stereocenters. The third kappa shape index (κ3) is 4.33. The largest absolute Gasteiger partial charge is 0.497 e. The molecule has 25 heavy (non-hydrogen) atoms. The van der Waals surface area contributed by atoms with Gasteiger partial charge in [-0.15, -0.1) is 11.3 Å². The summed E-state index contributed by atoms with van der Waals surface area (Å²) < 4.78 is 10.5. The molecule has 3 rings (SSSR count). The van der Waals surface area contributed by atoms with Crippen LogP contribution in [-0.4, -0.2) is 44.4 Å². The summed E-state index contributed by atoms with van der Waals surface area (Å²) in [7, 11) is 3.15. The van der Waals surface area contributed by atoms with E-state index in [-0.39, 0.29) is 12.1 Å². The van der Waals surface area contributed by atoms with E-state index in [9.17, 15) is 4.79 Å². The molecule has 0 unspecified atom stereocenters. The summed E-state index contributed by atoms with van der Waals surface area (Å²) in [5.41, 5.74) is 0.612. The predicted octanol–water partition coefficient (Wildman–Crippen LogP) is 2.95. The highest BCUT2D eigenvalue weighted by atomic mass is 32.1. The van der Waals surface area contributed by atoms with Crippen LogP contribution >= 0.6 is 11.3 Å². The molecule has 0 aliphatic carbocycles. The first kappa shape index (κ1) is 17.3. The molecule has 0 radical (unpaired) electrons. The first-order valence-corrected chi connectivity index (χ1v) is 9.01. The Morgan fingerprint density at radius 2 is 2.08 bits per heavy atom. The van der Waals surface area contributed by atoms with Gasteiger partial charge >= 0.3 is 6.03 Å². The van der Waals surface area contributed by atoms with Gasteiger partial charge in [0.1, 0.15) is 11.5 Å². The van der Waals surface area contributed by atoms with Crippen LogP contribution in [-0.2, 0) is 0 Å². The number of nitrogens with zero attached hydrogens (tertiary/aromatic N) is 2. The monoisotopic (exact) mass is 362 g/mol. The highest BCUT2D eigenvalue weighted by Crippen LogP contribution is 2.29. The van der Waals surface area contributed by atoms with Crippen molar-refractivity contribution in [2.24, 2.45) is 0 Å². The van der Waals surface area contributed by atoms with Crippen LogP contribution in [0.5, 0.6) is 11.5 Å². The van der Waals surface area contributed by atoms with Gasteiger partial charge in [-0.25, -0.2) is 9.78 Å². The molecule has 1 aliphatic heterocycles. The maximum absolute atomic E-state index is 12.3. The van der Waals surface area contributed by atoms with Crippen molar-refractivity contribution in [3.05, 3.63) is 29.8 Å². The Morgan fingerprint density at radius 3 is 2.72 bits per heavy atom. The smallest absolute Gasteiger partial charge is 0.319 e. The van der Waals surface area contributed by atoms with Crippen LogP contribution in [0, 0.1) is 0 Å². The van der Waals surface area contributed by atoms with E-state index in [2.05, 4.69) is 20.5 Å². The Balaban J connectivity index is 1.52. The first-order chi connectivity index (χ1) is 12.2. The number of ether oxygens (including phenoxy) is 2. The van der Waals surface area contributed by atoms with Crippen molar-refractivity contribution < 1.29 is 14.3 Å². The number of nitrogens with one attached hydrogen (secondary N) is 2. The summed E-state index contributed by atoms with van der Waals surface area (Å²) in [4.78, 5) is 18.9. The normalized spacial score (nSPS) is 14.9. The van der Waals surface area contributed by atoms with Crippen molar-refractivity contribution in [3.63, 3.8) is 0 Å². The molecule has 2 aromatic rings. The summed E-state index contributed by atoms with van der Waals surface area (Å²) in [6.07, 6.45) is 3.61.